The summed E-state index contributed by atoms with van der Waals surface area (Å²) in [6, 6.07) is 3.54. The molecule has 20 heavy (non-hydrogen) atoms. The summed E-state index contributed by atoms with van der Waals surface area (Å²) in [6.07, 6.45) is 3.49. The van der Waals surface area contributed by atoms with E-state index in [0.717, 1.165) is 15.7 Å². The van der Waals surface area contributed by atoms with Gasteiger partial charge in [0.1, 0.15) is 16.0 Å². The number of imidazole rings is 1. The molecule has 0 radical (unpaired) electrons. The number of nitrogens with zero attached hydrogens (tertiary/aromatic N) is 2. The lowest BCUT2D eigenvalue weighted by molar-refractivity contribution is 0.382. The SMILES string of the molecule is COc1ccc(C(NN)c2cncn2C)c(OC)c1Br. The van der Waals surface area contributed by atoms with E-state index in [-0.39, 0.29) is 6.04 Å². The molecule has 0 aliphatic rings. The van der Waals surface area contributed by atoms with Gasteiger partial charge < -0.3 is 14.0 Å². The van der Waals surface area contributed by atoms with Crippen LogP contribution in [0.2, 0.25) is 0 Å². The van der Waals surface area contributed by atoms with Crippen molar-refractivity contribution in [2.75, 3.05) is 14.2 Å². The highest BCUT2D eigenvalue weighted by Gasteiger charge is 2.23. The second-order valence-electron chi connectivity index (χ2n) is 4.23. The van der Waals surface area contributed by atoms with Crippen molar-refractivity contribution in [3.8, 4) is 11.5 Å². The highest BCUT2D eigenvalue weighted by Crippen LogP contribution is 2.40. The molecule has 0 amide bonds. The standard InChI is InChI=1S/C13H17BrN4O2/c1-18-7-16-6-9(18)12(17-15)8-4-5-10(19-2)11(14)13(8)20-3/h4-7,12,17H,15H2,1-3H3. The molecule has 1 aromatic carbocycles. The fourth-order valence-electron chi connectivity index (χ4n) is 2.13. The van der Waals surface area contributed by atoms with E-state index in [0.29, 0.717) is 11.5 Å². The largest absolute Gasteiger partial charge is 0.495 e. The molecule has 0 saturated heterocycles. The van der Waals surface area contributed by atoms with Gasteiger partial charge in [-0.05, 0) is 28.1 Å². The smallest absolute Gasteiger partial charge is 0.142 e. The van der Waals surface area contributed by atoms with Crippen molar-refractivity contribution in [2.24, 2.45) is 12.9 Å². The van der Waals surface area contributed by atoms with Gasteiger partial charge in [-0.2, -0.15) is 0 Å². The van der Waals surface area contributed by atoms with Gasteiger partial charge in [0.2, 0.25) is 0 Å². The Hall–Kier alpha value is -1.57. The lowest BCUT2D eigenvalue weighted by Crippen LogP contribution is -2.30. The molecule has 108 valence electrons. The molecule has 0 bridgehead atoms. The zero-order valence-corrected chi connectivity index (χ0v) is 13.1. The van der Waals surface area contributed by atoms with Crippen LogP contribution in [0, 0.1) is 0 Å². The van der Waals surface area contributed by atoms with E-state index in [2.05, 4.69) is 26.3 Å². The monoisotopic (exact) mass is 340 g/mol. The molecule has 0 saturated carbocycles. The number of methoxy groups -OCH3 is 2. The number of rotatable bonds is 5. The average molecular weight is 341 g/mol. The number of nitrogens with one attached hydrogen (secondary N) is 1. The zero-order valence-electron chi connectivity index (χ0n) is 11.6. The van der Waals surface area contributed by atoms with E-state index < -0.39 is 0 Å². The average Bonchev–Trinajstić information content (AvgIpc) is 2.86. The van der Waals surface area contributed by atoms with Gasteiger partial charge in [-0.3, -0.25) is 5.84 Å². The highest BCUT2D eigenvalue weighted by molar-refractivity contribution is 9.10. The van der Waals surface area contributed by atoms with Crippen molar-refractivity contribution in [1.82, 2.24) is 15.0 Å². The third-order valence-corrected chi connectivity index (χ3v) is 3.89. The minimum absolute atomic E-state index is 0.236. The first-order chi connectivity index (χ1) is 9.63. The number of hydrazine groups is 1. The number of aromatic nitrogens is 2. The number of halogens is 1. The summed E-state index contributed by atoms with van der Waals surface area (Å²) in [4.78, 5) is 4.12. The Morgan fingerprint density at radius 3 is 2.60 bits per heavy atom. The lowest BCUT2D eigenvalue weighted by atomic mass is 10.0. The second-order valence-corrected chi connectivity index (χ2v) is 5.03. The Morgan fingerprint density at radius 2 is 2.10 bits per heavy atom. The second kappa shape index (κ2) is 6.25. The van der Waals surface area contributed by atoms with Crippen molar-refractivity contribution >= 4 is 15.9 Å². The van der Waals surface area contributed by atoms with E-state index in [4.69, 9.17) is 15.3 Å². The minimum atomic E-state index is -0.236. The summed E-state index contributed by atoms with van der Waals surface area (Å²) < 4.78 is 13.4. The van der Waals surface area contributed by atoms with Crippen LogP contribution in [-0.4, -0.2) is 23.8 Å². The Bertz CT molecular complexity index is 600. The Kier molecular flexibility index (Phi) is 4.64. The molecule has 1 atom stereocenters. The van der Waals surface area contributed by atoms with E-state index >= 15 is 0 Å². The van der Waals surface area contributed by atoms with Crippen molar-refractivity contribution in [3.05, 3.63) is 40.4 Å². The Morgan fingerprint density at radius 1 is 1.35 bits per heavy atom. The maximum Gasteiger partial charge on any atom is 0.142 e. The van der Waals surface area contributed by atoms with Crippen molar-refractivity contribution in [1.29, 1.82) is 0 Å². The number of hydrogen-bond donors (Lipinski definition) is 2. The van der Waals surface area contributed by atoms with E-state index in [9.17, 15) is 0 Å². The van der Waals surface area contributed by atoms with E-state index in [1.165, 1.54) is 0 Å². The molecule has 3 N–H and O–H groups in total. The summed E-state index contributed by atoms with van der Waals surface area (Å²) in [5, 5.41) is 0. The van der Waals surface area contributed by atoms with Gasteiger partial charge in [-0.1, -0.05) is 0 Å². The number of hydrogen-bond acceptors (Lipinski definition) is 5. The van der Waals surface area contributed by atoms with Crippen molar-refractivity contribution in [2.45, 2.75) is 6.04 Å². The fourth-order valence-corrected chi connectivity index (χ4v) is 2.81. The van der Waals surface area contributed by atoms with E-state index in [1.54, 1.807) is 26.7 Å². The van der Waals surface area contributed by atoms with Gasteiger partial charge in [-0.25, -0.2) is 10.4 Å². The van der Waals surface area contributed by atoms with Crippen LogP contribution in [-0.2, 0) is 7.05 Å². The van der Waals surface area contributed by atoms with Gasteiger partial charge in [-0.15, -0.1) is 0 Å². The maximum absolute atomic E-state index is 5.72. The van der Waals surface area contributed by atoms with Gasteiger partial charge in [0, 0.05) is 12.6 Å². The van der Waals surface area contributed by atoms with E-state index in [1.807, 2.05) is 23.7 Å². The topological polar surface area (TPSA) is 74.3 Å². The zero-order chi connectivity index (χ0) is 14.7. The van der Waals surface area contributed by atoms with Crippen LogP contribution in [0.3, 0.4) is 0 Å². The quantitative estimate of drug-likeness (QED) is 0.640. The molecule has 1 aromatic heterocycles. The predicted octanol–water partition coefficient (Wildman–Crippen LogP) is 1.75. The van der Waals surface area contributed by atoms with Crippen LogP contribution in [0.4, 0.5) is 0 Å². The number of nitrogens with two attached hydrogens (primary N) is 1. The summed E-state index contributed by atoms with van der Waals surface area (Å²) >= 11 is 3.49. The van der Waals surface area contributed by atoms with Crippen LogP contribution in [0.15, 0.2) is 29.1 Å². The third kappa shape index (κ3) is 2.52. The van der Waals surface area contributed by atoms with Gasteiger partial charge in [0.25, 0.3) is 0 Å². The van der Waals surface area contributed by atoms with Crippen LogP contribution in [0.25, 0.3) is 0 Å². The lowest BCUT2D eigenvalue weighted by Gasteiger charge is -2.21. The summed E-state index contributed by atoms with van der Waals surface area (Å²) in [6.45, 7) is 0. The molecule has 0 fully saturated rings. The minimum Gasteiger partial charge on any atom is -0.495 e. The highest BCUT2D eigenvalue weighted by atomic mass is 79.9. The molecule has 0 aliphatic heterocycles. The Labute approximate surface area is 126 Å². The molecule has 1 unspecified atom stereocenters. The molecule has 6 nitrogen and oxygen atoms in total. The van der Waals surface area contributed by atoms with Crippen molar-refractivity contribution < 1.29 is 9.47 Å². The summed E-state index contributed by atoms with van der Waals surface area (Å²) in [5.74, 6) is 7.09. The van der Waals surface area contributed by atoms with Crippen LogP contribution >= 0.6 is 15.9 Å². The first kappa shape index (κ1) is 14.8. The van der Waals surface area contributed by atoms with Crippen LogP contribution in [0.5, 0.6) is 11.5 Å². The first-order valence-electron chi connectivity index (χ1n) is 5.96. The molecule has 2 rings (SSSR count). The van der Waals surface area contributed by atoms with Crippen LogP contribution < -0.4 is 20.7 Å². The summed E-state index contributed by atoms with van der Waals surface area (Å²) in [5.41, 5.74) is 4.63. The molecular weight excluding hydrogens is 324 g/mol. The van der Waals surface area contributed by atoms with Crippen LogP contribution in [0.1, 0.15) is 17.3 Å². The third-order valence-electron chi connectivity index (χ3n) is 3.14. The van der Waals surface area contributed by atoms with Crippen molar-refractivity contribution in [3.63, 3.8) is 0 Å². The molecule has 2 aromatic rings. The summed E-state index contributed by atoms with van der Waals surface area (Å²) in [7, 11) is 5.14. The maximum atomic E-state index is 5.72. The number of ether oxygens (including phenoxy) is 2. The predicted molar refractivity (Wildman–Crippen MR) is 79.6 cm³/mol. The van der Waals surface area contributed by atoms with Gasteiger partial charge in [0.05, 0.1) is 38.5 Å². The first-order valence-corrected chi connectivity index (χ1v) is 6.76. The normalized spacial score (nSPS) is 12.2. The fraction of sp³-hybridized carbons (Fsp3) is 0.308. The molecular formula is C13H17BrN4O2. The van der Waals surface area contributed by atoms with Gasteiger partial charge >= 0.3 is 0 Å². The number of benzene rings is 1. The Balaban J connectivity index is 2.56. The molecule has 7 heteroatoms. The van der Waals surface area contributed by atoms with Gasteiger partial charge in [0.15, 0.2) is 0 Å². The molecule has 0 spiro atoms. The molecule has 0 aliphatic carbocycles. The number of aryl methyl sites for hydroxylation is 1. The molecule has 1 heterocycles.